The lowest BCUT2D eigenvalue weighted by Gasteiger charge is -2.12. The molecule has 0 spiro atoms. The van der Waals surface area contributed by atoms with E-state index in [1.165, 1.54) is 4.68 Å². The van der Waals surface area contributed by atoms with Crippen molar-refractivity contribution in [2.24, 2.45) is 0 Å². The number of benzene rings is 3. The zero-order chi connectivity index (χ0) is 24.2. The van der Waals surface area contributed by atoms with Gasteiger partial charge in [0.1, 0.15) is 0 Å². The molecule has 5 aromatic rings. The maximum absolute atomic E-state index is 13.1. The van der Waals surface area contributed by atoms with Gasteiger partial charge in [-0.2, -0.15) is 5.10 Å². The molecule has 35 heavy (non-hydrogen) atoms. The highest BCUT2D eigenvalue weighted by Gasteiger charge is 2.15. The zero-order valence-electron chi connectivity index (χ0n) is 19.5. The van der Waals surface area contributed by atoms with Gasteiger partial charge in [-0.1, -0.05) is 54.6 Å². The lowest BCUT2D eigenvalue weighted by Crippen LogP contribution is -2.26. The van der Waals surface area contributed by atoms with Crippen molar-refractivity contribution in [3.63, 3.8) is 0 Å². The van der Waals surface area contributed by atoms with E-state index in [0.717, 1.165) is 28.7 Å². The molecule has 2 heterocycles. The second-order valence-corrected chi connectivity index (χ2v) is 8.41. The summed E-state index contributed by atoms with van der Waals surface area (Å²) >= 11 is 0. The minimum Gasteiger partial charge on any atom is -0.383 e. The standard InChI is InChI=1S/C28H26N4O3/c1-35-17-16-31-15-14-23-24(12-7-13-26(23)31)29-27(33)18-25-21-10-5-6-11-22(21)28(34)32(30-25)19-20-8-3-2-4-9-20/h2-15H,16-19H2,1H3,(H,29,33). The predicted molar refractivity (Wildman–Crippen MR) is 138 cm³/mol. The van der Waals surface area contributed by atoms with Crippen molar-refractivity contribution in [1.82, 2.24) is 14.3 Å². The van der Waals surface area contributed by atoms with Gasteiger partial charge in [-0.3, -0.25) is 9.59 Å². The number of anilines is 1. The first kappa shape index (κ1) is 22.6. The van der Waals surface area contributed by atoms with Crippen molar-refractivity contribution in [3.8, 4) is 0 Å². The summed E-state index contributed by atoms with van der Waals surface area (Å²) in [5.74, 6) is -0.190. The maximum atomic E-state index is 13.1. The largest absolute Gasteiger partial charge is 0.383 e. The van der Waals surface area contributed by atoms with Gasteiger partial charge in [0.25, 0.3) is 5.56 Å². The smallest absolute Gasteiger partial charge is 0.274 e. The molecule has 0 radical (unpaired) electrons. The van der Waals surface area contributed by atoms with Crippen LogP contribution in [0.15, 0.2) is 89.9 Å². The molecule has 7 nitrogen and oxygen atoms in total. The van der Waals surface area contributed by atoms with E-state index in [-0.39, 0.29) is 17.9 Å². The number of hydrogen-bond acceptors (Lipinski definition) is 4. The molecular formula is C28H26N4O3. The Morgan fingerprint density at radius 2 is 1.69 bits per heavy atom. The lowest BCUT2D eigenvalue weighted by molar-refractivity contribution is -0.115. The van der Waals surface area contributed by atoms with Gasteiger partial charge in [0, 0.05) is 30.6 Å². The molecule has 1 N–H and O–H groups in total. The molecule has 0 fully saturated rings. The van der Waals surface area contributed by atoms with Crippen LogP contribution in [0.25, 0.3) is 21.7 Å². The third kappa shape index (κ3) is 4.72. The fourth-order valence-electron chi connectivity index (χ4n) is 4.36. The molecular weight excluding hydrogens is 440 g/mol. The summed E-state index contributed by atoms with van der Waals surface area (Å²) < 4.78 is 8.74. The van der Waals surface area contributed by atoms with Crippen molar-refractivity contribution in [2.45, 2.75) is 19.5 Å². The Bertz CT molecular complexity index is 1550. The minimum atomic E-state index is -0.190. The normalized spacial score (nSPS) is 11.2. The van der Waals surface area contributed by atoms with Gasteiger partial charge in [-0.25, -0.2) is 4.68 Å². The van der Waals surface area contributed by atoms with Crippen molar-refractivity contribution in [1.29, 1.82) is 0 Å². The van der Waals surface area contributed by atoms with Crippen LogP contribution in [-0.4, -0.2) is 34.0 Å². The Kier molecular flexibility index (Phi) is 6.41. The van der Waals surface area contributed by atoms with Crippen LogP contribution >= 0.6 is 0 Å². The van der Waals surface area contributed by atoms with Gasteiger partial charge in [0.05, 0.1) is 41.9 Å². The molecule has 0 aliphatic carbocycles. The first-order valence-electron chi connectivity index (χ1n) is 11.5. The second-order valence-electron chi connectivity index (χ2n) is 8.41. The van der Waals surface area contributed by atoms with Gasteiger partial charge >= 0.3 is 0 Å². The summed E-state index contributed by atoms with van der Waals surface area (Å²) in [6.07, 6.45) is 2.05. The number of aromatic nitrogens is 3. The predicted octanol–water partition coefficient (Wildman–Crippen LogP) is 4.23. The summed E-state index contributed by atoms with van der Waals surface area (Å²) in [6, 6.07) is 24.8. The zero-order valence-corrected chi connectivity index (χ0v) is 19.5. The van der Waals surface area contributed by atoms with Crippen LogP contribution in [0.3, 0.4) is 0 Å². The second kappa shape index (κ2) is 9.95. The molecule has 5 rings (SSSR count). The molecule has 0 unspecified atom stereocenters. The maximum Gasteiger partial charge on any atom is 0.274 e. The number of nitrogens with zero attached hydrogens (tertiary/aromatic N) is 3. The highest BCUT2D eigenvalue weighted by molar-refractivity contribution is 6.02. The van der Waals surface area contributed by atoms with Crippen molar-refractivity contribution in [2.75, 3.05) is 19.0 Å². The number of carbonyl (C=O) groups is 1. The lowest BCUT2D eigenvalue weighted by atomic mass is 10.1. The number of amides is 1. The van der Waals surface area contributed by atoms with Crippen LogP contribution in [0.1, 0.15) is 11.3 Å². The number of carbonyl (C=O) groups excluding carboxylic acids is 1. The Morgan fingerprint density at radius 1 is 0.914 bits per heavy atom. The Morgan fingerprint density at radius 3 is 2.49 bits per heavy atom. The SMILES string of the molecule is COCCn1ccc2c(NC(=O)Cc3nn(Cc4ccccc4)c(=O)c4ccccc34)cccc21. The summed E-state index contributed by atoms with van der Waals surface area (Å²) in [4.78, 5) is 26.2. The monoisotopic (exact) mass is 466 g/mol. The molecule has 7 heteroatoms. The molecule has 0 aliphatic heterocycles. The first-order chi connectivity index (χ1) is 17.1. The molecule has 0 aliphatic rings. The third-order valence-electron chi connectivity index (χ3n) is 6.07. The van der Waals surface area contributed by atoms with E-state index in [9.17, 15) is 9.59 Å². The van der Waals surface area contributed by atoms with Crippen LogP contribution in [0.2, 0.25) is 0 Å². The molecule has 0 bridgehead atoms. The van der Waals surface area contributed by atoms with Crippen LogP contribution in [0.5, 0.6) is 0 Å². The van der Waals surface area contributed by atoms with Gasteiger partial charge in [-0.15, -0.1) is 0 Å². The third-order valence-corrected chi connectivity index (χ3v) is 6.07. The van der Waals surface area contributed by atoms with Gasteiger partial charge < -0.3 is 14.6 Å². The van der Waals surface area contributed by atoms with Crippen LogP contribution < -0.4 is 10.9 Å². The van der Waals surface area contributed by atoms with Crippen molar-refractivity contribution < 1.29 is 9.53 Å². The Labute approximate surface area is 202 Å². The number of methoxy groups -OCH3 is 1. The molecule has 3 aromatic carbocycles. The van der Waals surface area contributed by atoms with E-state index in [4.69, 9.17) is 4.74 Å². The van der Waals surface area contributed by atoms with Gasteiger partial charge in [0.2, 0.25) is 5.91 Å². The summed E-state index contributed by atoms with van der Waals surface area (Å²) in [6.45, 7) is 1.68. The molecule has 0 atom stereocenters. The average Bonchev–Trinajstić information content (AvgIpc) is 3.30. The van der Waals surface area contributed by atoms with Crippen molar-refractivity contribution in [3.05, 3.63) is 107 Å². The minimum absolute atomic E-state index is 0.0519. The number of fused-ring (bicyclic) bond motifs is 2. The van der Waals surface area contributed by atoms with Crippen molar-refractivity contribution >= 4 is 33.3 Å². The van der Waals surface area contributed by atoms with Crippen LogP contribution in [0.4, 0.5) is 5.69 Å². The molecule has 176 valence electrons. The van der Waals surface area contributed by atoms with E-state index in [1.807, 2.05) is 79.0 Å². The fourth-order valence-corrected chi connectivity index (χ4v) is 4.36. The Hall–Kier alpha value is -4.23. The van der Waals surface area contributed by atoms with E-state index in [0.29, 0.717) is 29.6 Å². The molecule has 2 aromatic heterocycles. The summed E-state index contributed by atoms with van der Waals surface area (Å²) in [5, 5.41) is 9.85. The quantitative estimate of drug-likeness (QED) is 0.371. The summed E-state index contributed by atoms with van der Waals surface area (Å²) in [5.41, 5.74) is 3.14. The average molecular weight is 467 g/mol. The highest BCUT2D eigenvalue weighted by atomic mass is 16.5. The van der Waals surface area contributed by atoms with E-state index >= 15 is 0 Å². The van der Waals surface area contributed by atoms with Crippen LogP contribution in [-0.2, 0) is 29.0 Å². The fraction of sp³-hybridized carbons (Fsp3) is 0.179. The van der Waals surface area contributed by atoms with E-state index in [2.05, 4.69) is 15.0 Å². The molecule has 0 saturated heterocycles. The van der Waals surface area contributed by atoms with E-state index in [1.54, 1.807) is 13.2 Å². The highest BCUT2D eigenvalue weighted by Crippen LogP contribution is 2.25. The molecule has 1 amide bonds. The number of rotatable bonds is 8. The molecule has 0 saturated carbocycles. The summed E-state index contributed by atoms with van der Waals surface area (Å²) in [7, 11) is 1.68. The van der Waals surface area contributed by atoms with Gasteiger partial charge in [0.15, 0.2) is 0 Å². The Balaban J connectivity index is 1.44. The topological polar surface area (TPSA) is 78.2 Å². The number of hydrogen-bond donors (Lipinski definition) is 1. The van der Waals surface area contributed by atoms with Crippen LogP contribution in [0, 0.1) is 0 Å². The number of ether oxygens (including phenoxy) is 1. The number of nitrogens with one attached hydrogen (secondary N) is 1. The first-order valence-corrected chi connectivity index (χ1v) is 11.5. The van der Waals surface area contributed by atoms with Gasteiger partial charge in [-0.05, 0) is 29.8 Å². The van der Waals surface area contributed by atoms with E-state index < -0.39 is 0 Å².